The van der Waals surface area contributed by atoms with Crippen molar-refractivity contribution in [3.05, 3.63) is 0 Å². The number of ether oxygens (including phenoxy) is 1. The molecular formula is C15H28OS. The van der Waals surface area contributed by atoms with Crippen LogP contribution >= 0.6 is 11.8 Å². The highest BCUT2D eigenvalue weighted by Gasteiger charge is 2.26. The minimum absolute atomic E-state index is 0.921. The molecule has 0 N–H and O–H groups in total. The maximum atomic E-state index is 5.47. The van der Waals surface area contributed by atoms with Crippen LogP contribution in [0.4, 0.5) is 0 Å². The topological polar surface area (TPSA) is 9.23 Å². The first kappa shape index (κ1) is 13.7. The van der Waals surface area contributed by atoms with Gasteiger partial charge in [0.1, 0.15) is 0 Å². The highest BCUT2D eigenvalue weighted by molar-refractivity contribution is 7.99. The fourth-order valence-electron chi connectivity index (χ4n) is 3.67. The van der Waals surface area contributed by atoms with Gasteiger partial charge >= 0.3 is 0 Å². The van der Waals surface area contributed by atoms with Crippen LogP contribution in [0.3, 0.4) is 0 Å². The lowest BCUT2D eigenvalue weighted by molar-refractivity contribution is 0.0440. The van der Waals surface area contributed by atoms with Crippen molar-refractivity contribution < 1.29 is 4.74 Å². The third-order valence-corrected chi connectivity index (χ3v) is 5.94. The Morgan fingerprint density at radius 3 is 2.65 bits per heavy atom. The summed E-state index contributed by atoms with van der Waals surface area (Å²) in [6, 6.07) is 0. The van der Waals surface area contributed by atoms with Crippen LogP contribution in [0.25, 0.3) is 0 Å². The molecule has 100 valence electrons. The largest absolute Gasteiger partial charge is 0.381 e. The van der Waals surface area contributed by atoms with Crippen LogP contribution < -0.4 is 0 Å². The molecule has 0 amide bonds. The van der Waals surface area contributed by atoms with Crippen molar-refractivity contribution in [3.63, 3.8) is 0 Å². The summed E-state index contributed by atoms with van der Waals surface area (Å²) in [6.45, 7) is 4.50. The van der Waals surface area contributed by atoms with Crippen LogP contribution in [0.15, 0.2) is 0 Å². The zero-order valence-electron chi connectivity index (χ0n) is 11.5. The zero-order valence-corrected chi connectivity index (χ0v) is 12.3. The van der Waals surface area contributed by atoms with Gasteiger partial charge in [0, 0.05) is 18.5 Å². The molecule has 2 heteroatoms. The van der Waals surface area contributed by atoms with Crippen molar-refractivity contribution >= 4 is 11.8 Å². The Balaban J connectivity index is 1.74. The predicted molar refractivity (Wildman–Crippen MR) is 76.6 cm³/mol. The third kappa shape index (κ3) is 4.17. The fourth-order valence-corrected chi connectivity index (χ4v) is 4.54. The zero-order chi connectivity index (χ0) is 12.1. The molecule has 0 spiro atoms. The Labute approximate surface area is 111 Å². The SMILES string of the molecule is CSC1CCCC(CC(C)C2CCOCC2)C1. The van der Waals surface area contributed by atoms with Crippen LogP contribution in [0.2, 0.25) is 0 Å². The Morgan fingerprint density at radius 2 is 1.94 bits per heavy atom. The molecule has 1 aliphatic carbocycles. The summed E-state index contributed by atoms with van der Waals surface area (Å²) in [6.07, 6.45) is 12.3. The van der Waals surface area contributed by atoms with Gasteiger partial charge < -0.3 is 4.74 Å². The maximum Gasteiger partial charge on any atom is 0.0468 e. The van der Waals surface area contributed by atoms with Crippen molar-refractivity contribution in [1.29, 1.82) is 0 Å². The van der Waals surface area contributed by atoms with Crippen molar-refractivity contribution in [2.75, 3.05) is 19.5 Å². The summed E-state index contributed by atoms with van der Waals surface area (Å²) >= 11 is 2.09. The van der Waals surface area contributed by atoms with E-state index in [1.807, 2.05) is 0 Å². The van der Waals surface area contributed by atoms with E-state index >= 15 is 0 Å². The van der Waals surface area contributed by atoms with Crippen molar-refractivity contribution in [1.82, 2.24) is 0 Å². The summed E-state index contributed by atoms with van der Waals surface area (Å²) in [5.41, 5.74) is 0. The first-order valence-electron chi connectivity index (χ1n) is 7.40. The first-order valence-corrected chi connectivity index (χ1v) is 8.69. The van der Waals surface area contributed by atoms with E-state index in [0.717, 1.165) is 36.2 Å². The van der Waals surface area contributed by atoms with Crippen molar-refractivity contribution in [3.8, 4) is 0 Å². The van der Waals surface area contributed by atoms with Gasteiger partial charge in [-0.25, -0.2) is 0 Å². The highest BCUT2D eigenvalue weighted by Crippen LogP contribution is 2.37. The van der Waals surface area contributed by atoms with Crippen molar-refractivity contribution in [2.24, 2.45) is 17.8 Å². The van der Waals surface area contributed by atoms with Gasteiger partial charge in [-0.1, -0.05) is 19.8 Å². The highest BCUT2D eigenvalue weighted by atomic mass is 32.2. The van der Waals surface area contributed by atoms with Gasteiger partial charge in [0.25, 0.3) is 0 Å². The molecule has 1 saturated heterocycles. The summed E-state index contributed by atoms with van der Waals surface area (Å²) in [7, 11) is 0. The normalized spacial score (nSPS) is 33.5. The number of hydrogen-bond donors (Lipinski definition) is 0. The molecule has 0 radical (unpaired) electrons. The van der Waals surface area contributed by atoms with E-state index in [-0.39, 0.29) is 0 Å². The molecule has 1 nitrogen and oxygen atoms in total. The summed E-state index contributed by atoms with van der Waals surface area (Å²) in [5, 5.41) is 0.954. The Morgan fingerprint density at radius 1 is 1.18 bits per heavy atom. The third-order valence-electron chi connectivity index (χ3n) is 4.84. The van der Waals surface area contributed by atoms with Gasteiger partial charge in [-0.15, -0.1) is 0 Å². The van der Waals surface area contributed by atoms with E-state index in [1.54, 1.807) is 0 Å². The van der Waals surface area contributed by atoms with E-state index in [1.165, 1.54) is 44.9 Å². The molecular weight excluding hydrogens is 228 g/mol. The second kappa shape index (κ2) is 7.04. The van der Waals surface area contributed by atoms with E-state index in [4.69, 9.17) is 4.74 Å². The van der Waals surface area contributed by atoms with Gasteiger partial charge in [0.2, 0.25) is 0 Å². The summed E-state index contributed by atoms with van der Waals surface area (Å²) in [4.78, 5) is 0. The molecule has 3 atom stereocenters. The molecule has 0 bridgehead atoms. The van der Waals surface area contributed by atoms with E-state index in [9.17, 15) is 0 Å². The van der Waals surface area contributed by atoms with E-state index in [2.05, 4.69) is 24.9 Å². The smallest absolute Gasteiger partial charge is 0.0468 e. The maximum absolute atomic E-state index is 5.47. The molecule has 1 saturated carbocycles. The van der Waals surface area contributed by atoms with Crippen LogP contribution in [0.1, 0.15) is 51.9 Å². The first-order chi connectivity index (χ1) is 8.29. The summed E-state index contributed by atoms with van der Waals surface area (Å²) < 4.78 is 5.47. The molecule has 3 unspecified atom stereocenters. The van der Waals surface area contributed by atoms with E-state index in [0.29, 0.717) is 0 Å². The molecule has 17 heavy (non-hydrogen) atoms. The molecule has 1 heterocycles. The average Bonchev–Trinajstić information content (AvgIpc) is 2.40. The molecule has 1 aliphatic heterocycles. The van der Waals surface area contributed by atoms with Crippen LogP contribution in [-0.4, -0.2) is 24.7 Å². The number of thioether (sulfide) groups is 1. The average molecular weight is 256 g/mol. The lowest BCUT2D eigenvalue weighted by atomic mass is 9.77. The standard InChI is InChI=1S/C15H28OS/c1-12(14-6-8-16-9-7-14)10-13-4-3-5-15(11-13)17-2/h12-15H,3-11H2,1-2H3. The van der Waals surface area contributed by atoms with Crippen molar-refractivity contribution in [2.45, 2.75) is 57.1 Å². The van der Waals surface area contributed by atoms with Crippen LogP contribution in [0.5, 0.6) is 0 Å². The fraction of sp³-hybridized carbons (Fsp3) is 1.00. The monoisotopic (exact) mass is 256 g/mol. The van der Waals surface area contributed by atoms with Gasteiger partial charge in [0.05, 0.1) is 0 Å². The molecule has 0 aromatic heterocycles. The minimum Gasteiger partial charge on any atom is -0.381 e. The van der Waals surface area contributed by atoms with Gasteiger partial charge in [-0.05, 0) is 56.1 Å². The number of hydrogen-bond acceptors (Lipinski definition) is 2. The Kier molecular flexibility index (Phi) is 5.68. The minimum atomic E-state index is 0.921. The molecule has 0 aromatic rings. The van der Waals surface area contributed by atoms with Crippen LogP contribution in [0, 0.1) is 17.8 Å². The Bertz CT molecular complexity index is 213. The molecule has 2 rings (SSSR count). The van der Waals surface area contributed by atoms with E-state index < -0.39 is 0 Å². The molecule has 2 fully saturated rings. The second-order valence-corrected chi connectivity index (χ2v) is 7.19. The van der Waals surface area contributed by atoms with Gasteiger partial charge in [0.15, 0.2) is 0 Å². The van der Waals surface area contributed by atoms with Gasteiger partial charge in [-0.2, -0.15) is 11.8 Å². The lowest BCUT2D eigenvalue weighted by Crippen LogP contribution is -2.25. The van der Waals surface area contributed by atoms with Crippen LogP contribution in [-0.2, 0) is 4.74 Å². The van der Waals surface area contributed by atoms with Gasteiger partial charge in [-0.3, -0.25) is 0 Å². The lowest BCUT2D eigenvalue weighted by Gasteiger charge is -2.34. The summed E-state index contributed by atoms with van der Waals surface area (Å²) in [5.74, 6) is 2.88. The quantitative estimate of drug-likeness (QED) is 0.739. The number of rotatable bonds is 4. The molecule has 2 aliphatic rings. The second-order valence-electron chi connectivity index (χ2n) is 6.05. The Hall–Kier alpha value is 0.310. The molecule has 0 aromatic carbocycles. The predicted octanol–water partition coefficient (Wildman–Crippen LogP) is 4.36.